The number of aromatic nitrogens is 3. The van der Waals surface area contributed by atoms with Gasteiger partial charge in [-0.05, 0) is 39.3 Å². The van der Waals surface area contributed by atoms with Gasteiger partial charge in [-0.15, -0.1) is 10.2 Å². The second-order valence-corrected chi connectivity index (χ2v) is 7.04. The molecule has 1 aliphatic heterocycles. The molecule has 1 fully saturated rings. The van der Waals surface area contributed by atoms with E-state index in [1.807, 2.05) is 18.5 Å². The van der Waals surface area contributed by atoms with Crippen molar-refractivity contribution >= 4 is 10.2 Å². The molecule has 0 saturated carbocycles. The number of nitrogens with zero attached hydrogens (tertiary/aromatic N) is 4. The molecule has 0 bridgehead atoms. The van der Waals surface area contributed by atoms with Crippen LogP contribution in [0.5, 0.6) is 0 Å². The highest BCUT2D eigenvalue weighted by atomic mass is 32.2. The molecule has 9 heteroatoms. The van der Waals surface area contributed by atoms with Crippen molar-refractivity contribution in [3.05, 3.63) is 12.2 Å². The maximum Gasteiger partial charge on any atom is 0.279 e. The summed E-state index contributed by atoms with van der Waals surface area (Å²) in [6.45, 7) is 4.85. The lowest BCUT2D eigenvalue weighted by atomic mass is 10.00. The summed E-state index contributed by atoms with van der Waals surface area (Å²) >= 11 is 0. The summed E-state index contributed by atoms with van der Waals surface area (Å²) in [5.41, 5.74) is 0. The maximum atomic E-state index is 12.4. The highest BCUT2D eigenvalue weighted by molar-refractivity contribution is 7.87. The van der Waals surface area contributed by atoms with E-state index in [2.05, 4.69) is 20.2 Å². The molecule has 1 aliphatic rings. The Balaban J connectivity index is 1.95. The zero-order valence-corrected chi connectivity index (χ0v) is 13.4. The molecule has 1 unspecified atom stereocenters. The molecule has 0 aromatic carbocycles. The molecule has 21 heavy (non-hydrogen) atoms. The molecule has 2 heterocycles. The number of nitrogens with one attached hydrogen (secondary N) is 2. The molecule has 2 N–H and O–H groups in total. The molecular formula is C12H24N6O2S. The van der Waals surface area contributed by atoms with Crippen LogP contribution in [0.4, 0.5) is 0 Å². The Hall–Kier alpha value is -1.03. The Bertz CT molecular complexity index is 542. The summed E-state index contributed by atoms with van der Waals surface area (Å²) in [7, 11) is -1.57. The van der Waals surface area contributed by atoms with Crippen LogP contribution in [0.15, 0.2) is 6.33 Å². The van der Waals surface area contributed by atoms with Crippen LogP contribution < -0.4 is 10.0 Å². The highest BCUT2D eigenvalue weighted by Crippen LogP contribution is 2.18. The van der Waals surface area contributed by atoms with Crippen LogP contribution in [-0.2, 0) is 23.3 Å². The number of aryl methyl sites for hydroxylation is 1. The van der Waals surface area contributed by atoms with Crippen molar-refractivity contribution in [2.45, 2.75) is 32.9 Å². The Kier molecular flexibility index (Phi) is 5.68. The Morgan fingerprint density at radius 1 is 1.48 bits per heavy atom. The van der Waals surface area contributed by atoms with Crippen molar-refractivity contribution in [2.24, 2.45) is 5.92 Å². The van der Waals surface area contributed by atoms with Crippen LogP contribution in [0.3, 0.4) is 0 Å². The predicted molar refractivity (Wildman–Crippen MR) is 79.7 cm³/mol. The van der Waals surface area contributed by atoms with Gasteiger partial charge in [0.05, 0.1) is 6.54 Å². The first-order chi connectivity index (χ1) is 10.1. The van der Waals surface area contributed by atoms with Crippen molar-refractivity contribution in [1.82, 2.24) is 29.1 Å². The van der Waals surface area contributed by atoms with Gasteiger partial charge in [-0.2, -0.15) is 17.4 Å². The smallest absolute Gasteiger partial charge is 0.279 e. The molecule has 1 atom stereocenters. The van der Waals surface area contributed by atoms with Crippen molar-refractivity contribution in [3.8, 4) is 0 Å². The van der Waals surface area contributed by atoms with Crippen LogP contribution in [0, 0.1) is 5.92 Å². The molecule has 1 saturated heterocycles. The van der Waals surface area contributed by atoms with Crippen molar-refractivity contribution in [3.63, 3.8) is 0 Å². The van der Waals surface area contributed by atoms with Crippen LogP contribution in [0.1, 0.15) is 25.6 Å². The van der Waals surface area contributed by atoms with Crippen LogP contribution in [0.25, 0.3) is 0 Å². The van der Waals surface area contributed by atoms with Crippen molar-refractivity contribution < 1.29 is 8.42 Å². The number of hydrogen-bond acceptors (Lipinski definition) is 5. The lowest BCUT2D eigenvalue weighted by Crippen LogP contribution is -2.47. The van der Waals surface area contributed by atoms with Gasteiger partial charge >= 0.3 is 0 Å². The number of rotatable bonds is 7. The average Bonchev–Trinajstić information content (AvgIpc) is 2.93. The first kappa shape index (κ1) is 16.3. The largest absolute Gasteiger partial charge is 0.319 e. The Morgan fingerprint density at radius 2 is 2.29 bits per heavy atom. The van der Waals surface area contributed by atoms with Crippen molar-refractivity contribution in [1.29, 1.82) is 0 Å². The zero-order chi connectivity index (χ0) is 15.3. The SMILES string of the molecule is CCn1cnnc1CNS(=O)(=O)N1CCCC(CNC)C1. The summed E-state index contributed by atoms with van der Waals surface area (Å²) < 4.78 is 30.7. The summed E-state index contributed by atoms with van der Waals surface area (Å²) in [5, 5.41) is 10.9. The van der Waals surface area contributed by atoms with E-state index in [1.54, 1.807) is 6.33 Å². The lowest BCUT2D eigenvalue weighted by molar-refractivity contribution is 0.260. The van der Waals surface area contributed by atoms with Gasteiger partial charge in [0.15, 0.2) is 0 Å². The molecular weight excluding hydrogens is 292 g/mol. The summed E-state index contributed by atoms with van der Waals surface area (Å²) in [5.74, 6) is 1.00. The standard InChI is InChI=1S/C12H24N6O2S/c1-3-17-10-14-16-12(17)8-15-21(19,20)18-6-4-5-11(9-18)7-13-2/h10-11,13,15H,3-9H2,1-2H3. The first-order valence-corrected chi connectivity index (χ1v) is 8.76. The van der Waals surface area contributed by atoms with Crippen LogP contribution in [-0.4, -0.2) is 54.2 Å². The minimum Gasteiger partial charge on any atom is -0.319 e. The maximum absolute atomic E-state index is 12.4. The third-order valence-electron chi connectivity index (χ3n) is 3.76. The number of piperidine rings is 1. The van der Waals surface area contributed by atoms with Gasteiger partial charge in [-0.25, -0.2) is 0 Å². The van der Waals surface area contributed by atoms with Crippen LogP contribution >= 0.6 is 0 Å². The van der Waals surface area contributed by atoms with Gasteiger partial charge in [0.25, 0.3) is 10.2 Å². The van der Waals surface area contributed by atoms with E-state index < -0.39 is 10.2 Å². The summed E-state index contributed by atoms with van der Waals surface area (Å²) in [6, 6.07) is 0. The van der Waals surface area contributed by atoms with Gasteiger partial charge in [0.2, 0.25) is 0 Å². The Morgan fingerprint density at radius 3 is 3.00 bits per heavy atom. The van der Waals surface area contributed by atoms with Gasteiger partial charge in [0, 0.05) is 19.6 Å². The minimum absolute atomic E-state index is 0.170. The Labute approximate surface area is 126 Å². The fourth-order valence-electron chi connectivity index (χ4n) is 2.63. The molecule has 8 nitrogen and oxygen atoms in total. The van der Waals surface area contributed by atoms with Gasteiger partial charge in [-0.1, -0.05) is 0 Å². The molecule has 0 amide bonds. The average molecular weight is 316 g/mol. The molecule has 0 spiro atoms. The fourth-order valence-corrected chi connectivity index (χ4v) is 3.90. The number of hydrogen-bond donors (Lipinski definition) is 2. The third kappa shape index (κ3) is 4.22. The van der Waals surface area contributed by atoms with E-state index in [4.69, 9.17) is 0 Å². The van der Waals surface area contributed by atoms with E-state index in [1.165, 1.54) is 4.31 Å². The molecule has 1 aromatic heterocycles. The predicted octanol–water partition coefficient (Wildman–Crippen LogP) is -0.436. The molecule has 1 aromatic rings. The van der Waals surface area contributed by atoms with Gasteiger partial charge in [-0.3, -0.25) is 0 Å². The third-order valence-corrected chi connectivity index (χ3v) is 5.28. The zero-order valence-electron chi connectivity index (χ0n) is 12.6. The second-order valence-electron chi connectivity index (χ2n) is 5.28. The summed E-state index contributed by atoms with van der Waals surface area (Å²) in [4.78, 5) is 0. The second kappa shape index (κ2) is 7.30. The molecule has 0 radical (unpaired) electrons. The normalized spacial score (nSPS) is 20.8. The van der Waals surface area contributed by atoms with E-state index >= 15 is 0 Å². The van der Waals surface area contributed by atoms with E-state index in [9.17, 15) is 8.42 Å². The highest BCUT2D eigenvalue weighted by Gasteiger charge is 2.28. The molecule has 2 rings (SSSR count). The first-order valence-electron chi connectivity index (χ1n) is 7.32. The van der Waals surface area contributed by atoms with E-state index in [0.717, 1.165) is 25.9 Å². The molecule has 120 valence electrons. The topological polar surface area (TPSA) is 92.1 Å². The summed E-state index contributed by atoms with van der Waals surface area (Å²) in [6.07, 6.45) is 3.57. The van der Waals surface area contributed by atoms with Crippen LogP contribution in [0.2, 0.25) is 0 Å². The van der Waals surface area contributed by atoms with Gasteiger partial charge < -0.3 is 9.88 Å². The fraction of sp³-hybridized carbons (Fsp3) is 0.833. The monoisotopic (exact) mass is 316 g/mol. The quantitative estimate of drug-likeness (QED) is 0.712. The lowest BCUT2D eigenvalue weighted by Gasteiger charge is -2.31. The molecule has 0 aliphatic carbocycles. The van der Waals surface area contributed by atoms with Crippen molar-refractivity contribution in [2.75, 3.05) is 26.7 Å². The minimum atomic E-state index is -3.46. The van der Waals surface area contributed by atoms with E-state index in [0.29, 0.717) is 24.8 Å². The van der Waals surface area contributed by atoms with Gasteiger partial charge in [0.1, 0.15) is 12.2 Å². The van der Waals surface area contributed by atoms with E-state index in [-0.39, 0.29) is 6.54 Å².